The average Bonchev–Trinajstić information content (AvgIpc) is 3.35. The second kappa shape index (κ2) is 6.99. The number of nitrogens with two attached hydrogens (primary N) is 1. The van der Waals surface area contributed by atoms with Crippen molar-refractivity contribution in [2.75, 3.05) is 0 Å². The normalized spacial score (nSPS) is 16.8. The fourth-order valence-corrected chi connectivity index (χ4v) is 4.70. The minimum atomic E-state index is -0.787. The van der Waals surface area contributed by atoms with Crippen LogP contribution in [-0.4, -0.2) is 4.57 Å². The fraction of sp³-hybridized carbons (Fsp3) is 0.0556. The number of furan rings is 2. The molecule has 0 saturated carbocycles. The Kier molecular flexibility index (Phi) is 4.63. The summed E-state index contributed by atoms with van der Waals surface area (Å²) in [6.07, 6.45) is 1.57. The molecule has 0 saturated heterocycles. The third-order valence-corrected chi connectivity index (χ3v) is 6.10. The first kappa shape index (κ1) is 18.6. The molecule has 1 aliphatic heterocycles. The minimum absolute atomic E-state index is 0.0180. The monoisotopic (exact) mass is 518 g/mol. The lowest BCUT2D eigenvalue weighted by Crippen LogP contribution is -2.38. The molecule has 28 heavy (non-hydrogen) atoms. The number of halogens is 2. The lowest BCUT2D eigenvalue weighted by atomic mass is 9.88. The minimum Gasteiger partial charge on any atom is -0.453 e. The Labute approximate surface area is 178 Å². The Bertz CT molecular complexity index is 1410. The summed E-state index contributed by atoms with van der Waals surface area (Å²) < 4.78 is 13.9. The van der Waals surface area contributed by atoms with Crippen LogP contribution in [0.15, 0.2) is 52.8 Å². The Balaban J connectivity index is 2.07. The number of hydrogen-bond acceptors (Lipinski definition) is 7. The van der Waals surface area contributed by atoms with Crippen LogP contribution in [0.5, 0.6) is 0 Å². The SMILES string of the molecule is N#CC1=C(N)n2c(s/c(=C/c3ccc(Br)o3)c2=O)=C(C#N)[C@@H]1c1ccc(Br)o1. The van der Waals surface area contributed by atoms with Gasteiger partial charge in [0.25, 0.3) is 5.56 Å². The van der Waals surface area contributed by atoms with E-state index in [2.05, 4.69) is 37.9 Å². The summed E-state index contributed by atoms with van der Waals surface area (Å²) in [5.41, 5.74) is 6.04. The summed E-state index contributed by atoms with van der Waals surface area (Å²) in [6, 6.07) is 10.9. The molecule has 3 aromatic heterocycles. The molecule has 1 atom stereocenters. The molecule has 7 nitrogen and oxygen atoms in total. The molecule has 138 valence electrons. The molecule has 0 radical (unpaired) electrons. The van der Waals surface area contributed by atoms with Crippen molar-refractivity contribution in [3.8, 4) is 12.1 Å². The second-order valence-electron chi connectivity index (χ2n) is 5.71. The number of hydrogen-bond donors (Lipinski definition) is 1. The van der Waals surface area contributed by atoms with Gasteiger partial charge in [0.05, 0.1) is 33.7 Å². The number of thiazole rings is 1. The first-order valence-corrected chi connectivity index (χ1v) is 10.1. The van der Waals surface area contributed by atoms with Gasteiger partial charge in [-0.25, -0.2) is 0 Å². The van der Waals surface area contributed by atoms with Gasteiger partial charge >= 0.3 is 0 Å². The van der Waals surface area contributed by atoms with E-state index in [1.165, 1.54) is 4.57 Å². The van der Waals surface area contributed by atoms with Gasteiger partial charge in [-0.2, -0.15) is 10.5 Å². The van der Waals surface area contributed by atoms with Gasteiger partial charge in [0, 0.05) is 6.08 Å². The molecule has 10 heteroatoms. The molecule has 0 bridgehead atoms. The van der Waals surface area contributed by atoms with Crippen LogP contribution in [0.1, 0.15) is 17.4 Å². The van der Waals surface area contributed by atoms with Crippen LogP contribution >= 0.6 is 43.2 Å². The number of nitrogens with zero attached hydrogens (tertiary/aromatic N) is 3. The quantitative estimate of drug-likeness (QED) is 0.555. The van der Waals surface area contributed by atoms with Crippen LogP contribution in [0.25, 0.3) is 17.5 Å². The predicted octanol–water partition coefficient (Wildman–Crippen LogP) is 2.57. The summed E-state index contributed by atoms with van der Waals surface area (Å²) in [5, 5.41) is 19.5. The number of nitriles is 2. The molecule has 1 aliphatic rings. The molecule has 0 aliphatic carbocycles. The van der Waals surface area contributed by atoms with Gasteiger partial charge in [0.15, 0.2) is 9.34 Å². The van der Waals surface area contributed by atoms with Gasteiger partial charge in [-0.3, -0.25) is 9.36 Å². The topological polar surface area (TPSA) is 122 Å². The molecule has 0 aromatic carbocycles. The van der Waals surface area contributed by atoms with Gasteiger partial charge in [0.1, 0.15) is 22.0 Å². The standard InChI is InChI=1S/C18H8Br2N4O3S/c19-13-3-1-8(26-13)5-12-17(25)24-16(23)9(6-21)15(10(7-22)18(24)28-12)11-2-4-14(20)27-11/h1-5,15H,23H2/b12-5+/t15-/m1/s1. The zero-order valence-electron chi connectivity index (χ0n) is 13.8. The average molecular weight is 520 g/mol. The van der Waals surface area contributed by atoms with Gasteiger partial charge in [-0.1, -0.05) is 0 Å². The number of aromatic nitrogens is 1. The third-order valence-electron chi connectivity index (χ3n) is 4.13. The van der Waals surface area contributed by atoms with Crippen LogP contribution in [0.4, 0.5) is 0 Å². The van der Waals surface area contributed by atoms with E-state index in [-0.39, 0.29) is 17.0 Å². The Morgan fingerprint density at radius 2 is 1.79 bits per heavy atom. The summed E-state index contributed by atoms with van der Waals surface area (Å²) in [7, 11) is 0. The van der Waals surface area contributed by atoms with Gasteiger partial charge in [-0.05, 0) is 56.1 Å². The molecule has 0 unspecified atom stereocenters. The summed E-state index contributed by atoms with van der Waals surface area (Å²) in [4.78, 5) is 12.9. The van der Waals surface area contributed by atoms with Crippen molar-refractivity contribution < 1.29 is 8.83 Å². The van der Waals surface area contributed by atoms with Crippen molar-refractivity contribution in [2.45, 2.75) is 5.92 Å². The van der Waals surface area contributed by atoms with Crippen molar-refractivity contribution in [2.24, 2.45) is 5.73 Å². The predicted molar refractivity (Wildman–Crippen MR) is 109 cm³/mol. The highest BCUT2D eigenvalue weighted by molar-refractivity contribution is 9.10. The van der Waals surface area contributed by atoms with Crippen LogP contribution in [0, 0.1) is 22.7 Å². The Morgan fingerprint density at radius 3 is 2.36 bits per heavy atom. The smallest absolute Gasteiger partial charge is 0.274 e. The summed E-state index contributed by atoms with van der Waals surface area (Å²) in [6.45, 7) is 0. The van der Waals surface area contributed by atoms with E-state index >= 15 is 0 Å². The highest BCUT2D eigenvalue weighted by Crippen LogP contribution is 2.37. The molecule has 4 rings (SSSR count). The lowest BCUT2D eigenvalue weighted by Gasteiger charge is -2.20. The third kappa shape index (κ3) is 2.87. The van der Waals surface area contributed by atoms with Crippen LogP contribution in [0.2, 0.25) is 0 Å². The van der Waals surface area contributed by atoms with Crippen LogP contribution in [0.3, 0.4) is 0 Å². The van der Waals surface area contributed by atoms with E-state index < -0.39 is 11.5 Å². The van der Waals surface area contributed by atoms with Crippen molar-refractivity contribution in [1.82, 2.24) is 4.57 Å². The van der Waals surface area contributed by atoms with Crippen molar-refractivity contribution in [1.29, 1.82) is 10.5 Å². The number of fused-ring (bicyclic) bond motifs is 1. The molecule has 3 aromatic rings. The maximum atomic E-state index is 12.9. The highest BCUT2D eigenvalue weighted by atomic mass is 79.9. The van der Waals surface area contributed by atoms with Crippen molar-refractivity contribution >= 4 is 60.7 Å². The van der Waals surface area contributed by atoms with E-state index in [4.69, 9.17) is 14.6 Å². The van der Waals surface area contributed by atoms with Crippen molar-refractivity contribution in [3.05, 3.63) is 70.2 Å². The molecule has 4 heterocycles. The summed E-state index contributed by atoms with van der Waals surface area (Å²) >= 11 is 7.54. The van der Waals surface area contributed by atoms with E-state index in [0.717, 1.165) is 11.3 Å². The number of allylic oxidation sites excluding steroid dienone is 1. The molecule has 0 fully saturated rings. The Hall–Kier alpha value is -2.79. The maximum Gasteiger partial charge on any atom is 0.274 e. The molecule has 0 amide bonds. The van der Waals surface area contributed by atoms with Gasteiger partial charge < -0.3 is 14.6 Å². The first-order valence-electron chi connectivity index (χ1n) is 7.73. The lowest BCUT2D eigenvalue weighted by molar-refractivity contribution is 0.487. The Morgan fingerprint density at radius 1 is 1.11 bits per heavy atom. The van der Waals surface area contributed by atoms with E-state index in [0.29, 0.717) is 30.1 Å². The first-order chi connectivity index (χ1) is 13.4. The molecule has 0 spiro atoms. The van der Waals surface area contributed by atoms with Crippen molar-refractivity contribution in [3.63, 3.8) is 0 Å². The molecular formula is C18H8Br2N4O3S. The summed E-state index contributed by atoms with van der Waals surface area (Å²) in [5.74, 6) is 0.0484. The molecule has 2 N–H and O–H groups in total. The number of rotatable bonds is 2. The van der Waals surface area contributed by atoms with Crippen LogP contribution in [-0.2, 0) is 0 Å². The fourth-order valence-electron chi connectivity index (χ4n) is 2.95. The highest BCUT2D eigenvalue weighted by Gasteiger charge is 2.34. The van der Waals surface area contributed by atoms with E-state index in [9.17, 15) is 15.3 Å². The van der Waals surface area contributed by atoms with E-state index in [1.807, 2.05) is 6.07 Å². The van der Waals surface area contributed by atoms with Gasteiger partial charge in [0.2, 0.25) is 0 Å². The maximum absolute atomic E-state index is 12.9. The largest absolute Gasteiger partial charge is 0.453 e. The molecular weight excluding hydrogens is 512 g/mol. The van der Waals surface area contributed by atoms with Crippen LogP contribution < -0.4 is 20.5 Å². The van der Waals surface area contributed by atoms with E-state index in [1.54, 1.807) is 30.3 Å². The van der Waals surface area contributed by atoms with Gasteiger partial charge in [-0.15, -0.1) is 11.3 Å². The second-order valence-corrected chi connectivity index (χ2v) is 8.30. The zero-order valence-corrected chi connectivity index (χ0v) is 17.8. The zero-order chi connectivity index (χ0) is 20.0.